The quantitative estimate of drug-likeness (QED) is 0.803. The molecule has 4 heteroatoms. The number of nitrogens with zero attached hydrogens (tertiary/aromatic N) is 3. The first kappa shape index (κ1) is 12.9. The van der Waals surface area contributed by atoms with Crippen LogP contribution in [-0.4, -0.2) is 30.6 Å². The van der Waals surface area contributed by atoms with Gasteiger partial charge in [-0.2, -0.15) is 17.0 Å². The molecule has 1 heterocycles. The SMILES string of the molecule is CSCCN(C)c1nc(C)cc(C)c1C#N. The molecule has 0 aliphatic rings. The van der Waals surface area contributed by atoms with Gasteiger partial charge in [0.05, 0.1) is 5.56 Å². The average Bonchev–Trinajstić information content (AvgIpc) is 2.24. The predicted octanol–water partition coefficient (Wildman–Crippen LogP) is 2.37. The maximum atomic E-state index is 9.14. The lowest BCUT2D eigenvalue weighted by Gasteiger charge is -2.20. The number of aryl methyl sites for hydroxylation is 2. The number of thioether (sulfide) groups is 1. The fourth-order valence-corrected chi connectivity index (χ4v) is 2.02. The first-order valence-electron chi connectivity index (χ1n) is 5.18. The van der Waals surface area contributed by atoms with Crippen molar-refractivity contribution in [1.29, 1.82) is 5.26 Å². The van der Waals surface area contributed by atoms with E-state index in [2.05, 4.69) is 22.2 Å². The lowest BCUT2D eigenvalue weighted by molar-refractivity contribution is 0.931. The Labute approximate surface area is 101 Å². The zero-order chi connectivity index (χ0) is 12.1. The van der Waals surface area contributed by atoms with E-state index in [1.165, 1.54) is 0 Å². The summed E-state index contributed by atoms with van der Waals surface area (Å²) in [5, 5.41) is 9.14. The molecule has 0 aliphatic carbocycles. The number of rotatable bonds is 4. The summed E-state index contributed by atoms with van der Waals surface area (Å²) in [6.45, 7) is 4.82. The lowest BCUT2D eigenvalue weighted by Crippen LogP contribution is -2.23. The van der Waals surface area contributed by atoms with E-state index in [9.17, 15) is 0 Å². The molecule has 1 aromatic rings. The Bertz CT molecular complexity index is 409. The van der Waals surface area contributed by atoms with Gasteiger partial charge < -0.3 is 4.90 Å². The molecule has 0 spiro atoms. The molecule has 0 N–H and O–H groups in total. The van der Waals surface area contributed by atoms with Gasteiger partial charge >= 0.3 is 0 Å². The number of anilines is 1. The van der Waals surface area contributed by atoms with Crippen LogP contribution in [0.4, 0.5) is 5.82 Å². The molecule has 0 fully saturated rings. The Hall–Kier alpha value is -1.21. The van der Waals surface area contributed by atoms with Crippen molar-refractivity contribution in [3.63, 3.8) is 0 Å². The van der Waals surface area contributed by atoms with Crippen LogP contribution in [0.5, 0.6) is 0 Å². The zero-order valence-corrected chi connectivity index (χ0v) is 11.1. The second kappa shape index (κ2) is 5.76. The smallest absolute Gasteiger partial charge is 0.146 e. The summed E-state index contributed by atoms with van der Waals surface area (Å²) in [6.07, 6.45) is 2.08. The summed E-state index contributed by atoms with van der Waals surface area (Å²) in [5.74, 6) is 1.84. The Morgan fingerprint density at radius 2 is 2.19 bits per heavy atom. The van der Waals surface area contributed by atoms with Crippen LogP contribution >= 0.6 is 11.8 Å². The molecule has 16 heavy (non-hydrogen) atoms. The minimum atomic E-state index is 0.689. The summed E-state index contributed by atoms with van der Waals surface area (Å²) in [5.41, 5.74) is 2.65. The predicted molar refractivity (Wildman–Crippen MR) is 70.1 cm³/mol. The van der Waals surface area contributed by atoms with Crippen LogP contribution in [0, 0.1) is 25.2 Å². The summed E-state index contributed by atoms with van der Waals surface area (Å²) in [4.78, 5) is 6.50. The normalized spacial score (nSPS) is 9.94. The van der Waals surface area contributed by atoms with Crippen LogP contribution in [0.2, 0.25) is 0 Å². The van der Waals surface area contributed by atoms with Gasteiger partial charge in [-0.1, -0.05) is 0 Å². The van der Waals surface area contributed by atoms with Crippen molar-refractivity contribution in [3.05, 3.63) is 22.9 Å². The second-order valence-electron chi connectivity index (χ2n) is 3.81. The van der Waals surface area contributed by atoms with Crippen molar-refractivity contribution in [3.8, 4) is 6.07 Å². The standard InChI is InChI=1S/C12H17N3S/c1-9-7-10(2)14-12(11(9)8-13)15(3)5-6-16-4/h7H,5-6H2,1-4H3. The maximum Gasteiger partial charge on any atom is 0.146 e. The molecule has 0 atom stereocenters. The second-order valence-corrected chi connectivity index (χ2v) is 4.79. The van der Waals surface area contributed by atoms with Crippen LogP contribution in [0.25, 0.3) is 0 Å². The highest BCUT2D eigenvalue weighted by Crippen LogP contribution is 2.20. The monoisotopic (exact) mass is 235 g/mol. The molecule has 1 aromatic heterocycles. The third-order valence-electron chi connectivity index (χ3n) is 2.43. The van der Waals surface area contributed by atoms with Crippen LogP contribution in [0.1, 0.15) is 16.8 Å². The van der Waals surface area contributed by atoms with Crippen LogP contribution in [-0.2, 0) is 0 Å². The first-order valence-corrected chi connectivity index (χ1v) is 6.58. The fraction of sp³-hybridized carbons (Fsp3) is 0.500. The maximum absolute atomic E-state index is 9.14. The van der Waals surface area contributed by atoms with E-state index < -0.39 is 0 Å². The molecule has 0 radical (unpaired) electrons. The van der Waals surface area contributed by atoms with E-state index in [0.29, 0.717) is 5.56 Å². The van der Waals surface area contributed by atoms with Gasteiger partial charge in [0.1, 0.15) is 11.9 Å². The van der Waals surface area contributed by atoms with Crippen molar-refractivity contribution >= 4 is 17.6 Å². The Morgan fingerprint density at radius 3 is 2.75 bits per heavy atom. The zero-order valence-electron chi connectivity index (χ0n) is 10.2. The number of hydrogen-bond donors (Lipinski definition) is 0. The summed E-state index contributed by atoms with van der Waals surface area (Å²) >= 11 is 1.79. The van der Waals surface area contributed by atoms with E-state index in [4.69, 9.17) is 5.26 Å². The van der Waals surface area contributed by atoms with E-state index in [1.807, 2.05) is 27.0 Å². The van der Waals surface area contributed by atoms with E-state index in [0.717, 1.165) is 29.4 Å². The molecule has 3 nitrogen and oxygen atoms in total. The van der Waals surface area contributed by atoms with E-state index in [1.54, 1.807) is 11.8 Å². The highest BCUT2D eigenvalue weighted by molar-refractivity contribution is 7.98. The molecule has 0 saturated carbocycles. The largest absolute Gasteiger partial charge is 0.358 e. The van der Waals surface area contributed by atoms with Crippen molar-refractivity contribution in [2.75, 3.05) is 30.5 Å². The van der Waals surface area contributed by atoms with Gasteiger partial charge in [-0.15, -0.1) is 0 Å². The van der Waals surface area contributed by atoms with Crippen LogP contribution < -0.4 is 4.90 Å². The number of aromatic nitrogens is 1. The molecule has 0 aliphatic heterocycles. The highest BCUT2D eigenvalue weighted by atomic mass is 32.2. The van der Waals surface area contributed by atoms with Crippen molar-refractivity contribution in [1.82, 2.24) is 4.98 Å². The summed E-state index contributed by atoms with van der Waals surface area (Å²) in [7, 11) is 1.98. The average molecular weight is 235 g/mol. The summed E-state index contributed by atoms with van der Waals surface area (Å²) in [6, 6.07) is 4.19. The molecule has 0 amide bonds. The number of pyridine rings is 1. The van der Waals surface area contributed by atoms with Gasteiger partial charge in [0.2, 0.25) is 0 Å². The molecule has 0 aromatic carbocycles. The Morgan fingerprint density at radius 1 is 1.50 bits per heavy atom. The molecule has 0 unspecified atom stereocenters. The fourth-order valence-electron chi connectivity index (χ4n) is 1.57. The van der Waals surface area contributed by atoms with Crippen LogP contribution in [0.3, 0.4) is 0 Å². The van der Waals surface area contributed by atoms with Crippen molar-refractivity contribution < 1.29 is 0 Å². The van der Waals surface area contributed by atoms with Crippen molar-refractivity contribution in [2.24, 2.45) is 0 Å². The Balaban J connectivity index is 3.07. The molecular weight excluding hydrogens is 218 g/mol. The molecular formula is C12H17N3S. The number of hydrogen-bond acceptors (Lipinski definition) is 4. The van der Waals surface area contributed by atoms with Gasteiger partial charge in [0.15, 0.2) is 0 Å². The van der Waals surface area contributed by atoms with Crippen molar-refractivity contribution in [2.45, 2.75) is 13.8 Å². The van der Waals surface area contributed by atoms with Gasteiger partial charge in [0.25, 0.3) is 0 Å². The van der Waals surface area contributed by atoms with E-state index in [-0.39, 0.29) is 0 Å². The molecule has 0 saturated heterocycles. The summed E-state index contributed by atoms with van der Waals surface area (Å²) < 4.78 is 0. The first-order chi connectivity index (χ1) is 7.60. The van der Waals surface area contributed by atoms with Gasteiger partial charge in [-0.25, -0.2) is 4.98 Å². The van der Waals surface area contributed by atoms with Crippen LogP contribution in [0.15, 0.2) is 6.07 Å². The molecule has 86 valence electrons. The minimum absolute atomic E-state index is 0.689. The third-order valence-corrected chi connectivity index (χ3v) is 3.02. The van der Waals surface area contributed by atoms with Gasteiger partial charge in [-0.3, -0.25) is 0 Å². The highest BCUT2D eigenvalue weighted by Gasteiger charge is 2.12. The topological polar surface area (TPSA) is 39.9 Å². The Kier molecular flexibility index (Phi) is 4.63. The minimum Gasteiger partial charge on any atom is -0.358 e. The molecule has 0 bridgehead atoms. The van der Waals surface area contributed by atoms with Gasteiger partial charge in [0, 0.05) is 25.0 Å². The lowest BCUT2D eigenvalue weighted by atomic mass is 10.1. The third kappa shape index (κ3) is 2.89. The van der Waals surface area contributed by atoms with E-state index >= 15 is 0 Å². The number of nitriles is 1. The molecule has 1 rings (SSSR count). The van der Waals surface area contributed by atoms with Gasteiger partial charge in [-0.05, 0) is 31.7 Å².